The molecule has 146 valence electrons. The predicted molar refractivity (Wildman–Crippen MR) is 107 cm³/mol. The number of aryl methyl sites for hydroxylation is 3. The Morgan fingerprint density at radius 3 is 2.61 bits per heavy atom. The van der Waals surface area contributed by atoms with E-state index in [0.717, 1.165) is 22.4 Å². The topological polar surface area (TPSA) is 75.7 Å². The standard InChI is InChI=1S/C22H24N2O4/c1-14-5-4-6-18(9-14)23-20(25)13-28-22(27)17-11-21(26)24(12-17)19-10-15(2)7-8-16(19)3/h4-10,17H,11-13H2,1-3H3,(H,23,25)/t17-/m1/s1. The summed E-state index contributed by atoms with van der Waals surface area (Å²) in [5, 5.41) is 2.69. The Balaban J connectivity index is 1.56. The van der Waals surface area contributed by atoms with Crippen LogP contribution in [-0.2, 0) is 19.1 Å². The summed E-state index contributed by atoms with van der Waals surface area (Å²) in [6, 6.07) is 13.2. The first kappa shape index (κ1) is 19.6. The Labute approximate surface area is 164 Å². The molecule has 0 spiro atoms. The summed E-state index contributed by atoms with van der Waals surface area (Å²) < 4.78 is 5.15. The molecule has 1 aliphatic heterocycles. The third-order valence-corrected chi connectivity index (χ3v) is 4.76. The van der Waals surface area contributed by atoms with Crippen LogP contribution in [0.25, 0.3) is 0 Å². The van der Waals surface area contributed by atoms with Crippen LogP contribution in [0.15, 0.2) is 42.5 Å². The Morgan fingerprint density at radius 2 is 1.86 bits per heavy atom. The summed E-state index contributed by atoms with van der Waals surface area (Å²) in [7, 11) is 0. The number of esters is 1. The highest BCUT2D eigenvalue weighted by atomic mass is 16.5. The number of ether oxygens (including phenoxy) is 1. The maximum Gasteiger partial charge on any atom is 0.311 e. The summed E-state index contributed by atoms with van der Waals surface area (Å²) in [5.74, 6) is -1.62. The van der Waals surface area contributed by atoms with Crippen molar-refractivity contribution < 1.29 is 19.1 Å². The molecule has 1 atom stereocenters. The fourth-order valence-electron chi connectivity index (χ4n) is 3.28. The van der Waals surface area contributed by atoms with Gasteiger partial charge in [-0.25, -0.2) is 0 Å². The number of hydrogen-bond acceptors (Lipinski definition) is 4. The van der Waals surface area contributed by atoms with E-state index in [4.69, 9.17) is 4.74 Å². The monoisotopic (exact) mass is 380 g/mol. The van der Waals surface area contributed by atoms with E-state index in [0.29, 0.717) is 5.69 Å². The van der Waals surface area contributed by atoms with Crippen molar-refractivity contribution in [2.45, 2.75) is 27.2 Å². The molecular formula is C22H24N2O4. The lowest BCUT2D eigenvalue weighted by molar-refractivity contribution is -0.151. The molecule has 0 aliphatic carbocycles. The number of amides is 2. The van der Waals surface area contributed by atoms with E-state index < -0.39 is 17.8 Å². The van der Waals surface area contributed by atoms with E-state index >= 15 is 0 Å². The number of rotatable bonds is 5. The maximum atomic E-state index is 12.4. The van der Waals surface area contributed by atoms with Crippen molar-refractivity contribution in [3.8, 4) is 0 Å². The lowest BCUT2D eigenvalue weighted by Crippen LogP contribution is -2.28. The van der Waals surface area contributed by atoms with Crippen molar-refractivity contribution in [3.05, 3.63) is 59.2 Å². The van der Waals surface area contributed by atoms with Crippen LogP contribution >= 0.6 is 0 Å². The molecule has 6 nitrogen and oxygen atoms in total. The number of nitrogens with one attached hydrogen (secondary N) is 1. The van der Waals surface area contributed by atoms with Crippen LogP contribution in [0.4, 0.5) is 11.4 Å². The van der Waals surface area contributed by atoms with Gasteiger partial charge in [-0.1, -0.05) is 24.3 Å². The molecule has 0 saturated carbocycles. The van der Waals surface area contributed by atoms with Gasteiger partial charge in [0.25, 0.3) is 5.91 Å². The third-order valence-electron chi connectivity index (χ3n) is 4.76. The van der Waals surface area contributed by atoms with Crippen molar-refractivity contribution in [2.24, 2.45) is 5.92 Å². The summed E-state index contributed by atoms with van der Waals surface area (Å²) in [6.45, 7) is 5.71. The van der Waals surface area contributed by atoms with Gasteiger partial charge in [0.05, 0.1) is 5.92 Å². The van der Waals surface area contributed by atoms with Gasteiger partial charge in [-0.15, -0.1) is 0 Å². The smallest absolute Gasteiger partial charge is 0.311 e. The first-order valence-electron chi connectivity index (χ1n) is 9.24. The van der Waals surface area contributed by atoms with Crippen LogP contribution in [0.1, 0.15) is 23.1 Å². The Kier molecular flexibility index (Phi) is 5.78. The molecule has 3 rings (SSSR count). The predicted octanol–water partition coefficient (Wildman–Crippen LogP) is 3.15. The molecule has 2 aromatic rings. The summed E-state index contributed by atoms with van der Waals surface area (Å²) >= 11 is 0. The van der Waals surface area contributed by atoms with Gasteiger partial charge in [0.2, 0.25) is 5.91 Å². The normalized spacial score (nSPS) is 16.2. The molecule has 1 fully saturated rings. The van der Waals surface area contributed by atoms with E-state index in [1.165, 1.54) is 0 Å². The van der Waals surface area contributed by atoms with Crippen LogP contribution in [0.2, 0.25) is 0 Å². The second-order valence-corrected chi connectivity index (χ2v) is 7.22. The van der Waals surface area contributed by atoms with Crippen LogP contribution in [-0.4, -0.2) is 30.9 Å². The Bertz CT molecular complexity index is 923. The van der Waals surface area contributed by atoms with Crippen molar-refractivity contribution in [2.75, 3.05) is 23.4 Å². The van der Waals surface area contributed by atoms with Crippen molar-refractivity contribution in [1.82, 2.24) is 0 Å². The first-order chi connectivity index (χ1) is 13.3. The fraction of sp³-hybridized carbons (Fsp3) is 0.318. The zero-order valence-electron chi connectivity index (χ0n) is 16.3. The van der Waals surface area contributed by atoms with Crippen molar-refractivity contribution >= 4 is 29.2 Å². The summed E-state index contributed by atoms with van der Waals surface area (Å²) in [5.41, 5.74) is 4.51. The van der Waals surface area contributed by atoms with Gasteiger partial charge in [-0.2, -0.15) is 0 Å². The molecule has 28 heavy (non-hydrogen) atoms. The average Bonchev–Trinajstić information content (AvgIpc) is 3.03. The van der Waals surface area contributed by atoms with E-state index in [1.54, 1.807) is 11.0 Å². The van der Waals surface area contributed by atoms with Gasteiger partial charge >= 0.3 is 5.97 Å². The number of carbonyl (C=O) groups is 3. The van der Waals surface area contributed by atoms with Gasteiger partial charge in [-0.3, -0.25) is 14.4 Å². The zero-order chi connectivity index (χ0) is 20.3. The Morgan fingerprint density at radius 1 is 1.11 bits per heavy atom. The minimum Gasteiger partial charge on any atom is -0.455 e. The van der Waals surface area contributed by atoms with Gasteiger partial charge in [0.15, 0.2) is 6.61 Å². The quantitative estimate of drug-likeness (QED) is 0.809. The number of benzene rings is 2. The van der Waals surface area contributed by atoms with Gasteiger partial charge < -0.3 is 15.0 Å². The molecule has 0 unspecified atom stereocenters. The highest BCUT2D eigenvalue weighted by Crippen LogP contribution is 2.29. The second-order valence-electron chi connectivity index (χ2n) is 7.22. The van der Waals surface area contributed by atoms with Gasteiger partial charge in [0, 0.05) is 24.3 Å². The Hall–Kier alpha value is -3.15. The highest BCUT2D eigenvalue weighted by molar-refractivity contribution is 6.00. The first-order valence-corrected chi connectivity index (χ1v) is 9.24. The number of nitrogens with zero attached hydrogens (tertiary/aromatic N) is 1. The van der Waals surface area contributed by atoms with Crippen LogP contribution < -0.4 is 10.2 Å². The molecule has 0 bridgehead atoms. The van der Waals surface area contributed by atoms with Crippen molar-refractivity contribution in [3.63, 3.8) is 0 Å². The lowest BCUT2D eigenvalue weighted by atomic mass is 10.1. The van der Waals surface area contributed by atoms with E-state index in [9.17, 15) is 14.4 Å². The number of anilines is 2. The van der Waals surface area contributed by atoms with Crippen LogP contribution in [0, 0.1) is 26.7 Å². The molecule has 1 aliphatic rings. The van der Waals surface area contributed by atoms with Crippen LogP contribution in [0.5, 0.6) is 0 Å². The molecular weight excluding hydrogens is 356 g/mol. The molecule has 2 aromatic carbocycles. The molecule has 0 radical (unpaired) electrons. The molecule has 1 saturated heterocycles. The SMILES string of the molecule is Cc1cccc(NC(=O)COC(=O)[C@@H]2CC(=O)N(c3cc(C)ccc3C)C2)c1. The number of carbonyl (C=O) groups excluding carboxylic acids is 3. The number of hydrogen-bond donors (Lipinski definition) is 1. The summed E-state index contributed by atoms with van der Waals surface area (Å²) in [4.78, 5) is 38.4. The third kappa shape index (κ3) is 4.57. The molecule has 1 N–H and O–H groups in total. The van der Waals surface area contributed by atoms with E-state index in [1.807, 2.05) is 57.2 Å². The highest BCUT2D eigenvalue weighted by Gasteiger charge is 2.36. The van der Waals surface area contributed by atoms with Gasteiger partial charge in [-0.05, 0) is 55.7 Å². The average molecular weight is 380 g/mol. The summed E-state index contributed by atoms with van der Waals surface area (Å²) in [6.07, 6.45) is 0.0890. The zero-order valence-corrected chi connectivity index (χ0v) is 16.3. The second kappa shape index (κ2) is 8.25. The molecule has 2 amide bonds. The lowest BCUT2D eigenvalue weighted by Gasteiger charge is -2.19. The maximum absolute atomic E-state index is 12.4. The molecule has 0 aromatic heterocycles. The van der Waals surface area contributed by atoms with Gasteiger partial charge in [0.1, 0.15) is 0 Å². The molecule has 6 heteroatoms. The van der Waals surface area contributed by atoms with Crippen molar-refractivity contribution in [1.29, 1.82) is 0 Å². The van der Waals surface area contributed by atoms with E-state index in [2.05, 4.69) is 5.32 Å². The van der Waals surface area contributed by atoms with E-state index in [-0.39, 0.29) is 25.5 Å². The fourth-order valence-corrected chi connectivity index (χ4v) is 3.28. The molecule has 1 heterocycles. The van der Waals surface area contributed by atoms with Crippen LogP contribution in [0.3, 0.4) is 0 Å². The minimum absolute atomic E-state index is 0.0890. The largest absolute Gasteiger partial charge is 0.455 e. The minimum atomic E-state index is -0.570.